The lowest BCUT2D eigenvalue weighted by atomic mass is 10.2. The molecular weight excluding hydrogens is 375 g/mol. The Bertz CT molecular complexity index is 751. The van der Waals surface area contributed by atoms with Crippen LogP contribution in [-0.4, -0.2) is 8.42 Å². The number of halogens is 1. The summed E-state index contributed by atoms with van der Waals surface area (Å²) < 4.78 is 27.7. The van der Waals surface area contributed by atoms with E-state index in [0.29, 0.717) is 11.3 Å². The SMILES string of the molecule is N#Cc1cccc(S(=O)(=O)Nc2ccccc2I)c1. The number of nitrogens with one attached hydrogen (secondary N) is 1. The predicted molar refractivity (Wildman–Crippen MR) is 81.1 cm³/mol. The molecule has 0 saturated heterocycles. The smallest absolute Gasteiger partial charge is 0.261 e. The third kappa shape index (κ3) is 3.24. The third-order valence-corrected chi connectivity index (χ3v) is 4.70. The molecule has 96 valence electrons. The van der Waals surface area contributed by atoms with Crippen molar-refractivity contribution in [3.8, 4) is 6.07 Å². The Morgan fingerprint density at radius 1 is 1.11 bits per heavy atom. The molecule has 0 aliphatic rings. The molecule has 0 aromatic heterocycles. The molecule has 0 atom stereocenters. The number of hydrogen-bond acceptors (Lipinski definition) is 3. The molecule has 0 aliphatic carbocycles. The maximum absolute atomic E-state index is 12.2. The Balaban J connectivity index is 2.39. The molecule has 0 saturated carbocycles. The first-order chi connectivity index (χ1) is 9.03. The van der Waals surface area contributed by atoms with Crippen molar-refractivity contribution in [1.29, 1.82) is 5.26 Å². The van der Waals surface area contributed by atoms with Gasteiger partial charge in [-0.15, -0.1) is 0 Å². The summed E-state index contributed by atoms with van der Waals surface area (Å²) in [7, 11) is -3.67. The van der Waals surface area contributed by atoms with Crippen LogP contribution in [0.5, 0.6) is 0 Å². The van der Waals surface area contributed by atoms with Gasteiger partial charge in [-0.2, -0.15) is 5.26 Å². The highest BCUT2D eigenvalue weighted by Crippen LogP contribution is 2.21. The van der Waals surface area contributed by atoms with Gasteiger partial charge in [-0.3, -0.25) is 4.72 Å². The van der Waals surface area contributed by atoms with E-state index in [0.717, 1.165) is 3.57 Å². The average molecular weight is 384 g/mol. The van der Waals surface area contributed by atoms with Gasteiger partial charge in [-0.05, 0) is 52.9 Å². The molecule has 2 rings (SSSR count). The Hall–Kier alpha value is -1.59. The molecule has 0 spiro atoms. The minimum absolute atomic E-state index is 0.0752. The summed E-state index contributed by atoms with van der Waals surface area (Å²) in [5.41, 5.74) is 0.830. The molecule has 19 heavy (non-hydrogen) atoms. The number of sulfonamides is 1. The maximum atomic E-state index is 12.2. The number of nitriles is 1. The van der Waals surface area contributed by atoms with Gasteiger partial charge in [0.15, 0.2) is 0 Å². The molecule has 1 N–H and O–H groups in total. The van der Waals surface area contributed by atoms with Crippen molar-refractivity contribution in [1.82, 2.24) is 0 Å². The van der Waals surface area contributed by atoms with Crippen molar-refractivity contribution in [2.24, 2.45) is 0 Å². The zero-order valence-corrected chi connectivity index (χ0v) is 12.6. The number of para-hydroxylation sites is 1. The summed E-state index contributed by atoms with van der Waals surface area (Å²) in [6, 6.07) is 14.9. The van der Waals surface area contributed by atoms with Crippen molar-refractivity contribution in [3.05, 3.63) is 57.7 Å². The lowest BCUT2D eigenvalue weighted by molar-refractivity contribution is 0.601. The normalized spacial score (nSPS) is 10.7. The zero-order valence-electron chi connectivity index (χ0n) is 9.67. The van der Waals surface area contributed by atoms with Gasteiger partial charge in [0.05, 0.1) is 22.2 Å². The van der Waals surface area contributed by atoms with Crippen LogP contribution < -0.4 is 4.72 Å². The van der Waals surface area contributed by atoms with Crippen molar-refractivity contribution >= 4 is 38.3 Å². The number of hydrogen-bond donors (Lipinski definition) is 1. The molecule has 6 heteroatoms. The molecule has 0 heterocycles. The molecule has 0 amide bonds. The van der Waals surface area contributed by atoms with Crippen LogP contribution in [0.4, 0.5) is 5.69 Å². The highest BCUT2D eigenvalue weighted by atomic mass is 127. The first-order valence-corrected chi connectivity index (χ1v) is 7.86. The van der Waals surface area contributed by atoms with E-state index in [4.69, 9.17) is 5.26 Å². The quantitative estimate of drug-likeness (QED) is 0.828. The molecular formula is C13H9IN2O2S. The maximum Gasteiger partial charge on any atom is 0.261 e. The summed E-state index contributed by atoms with van der Waals surface area (Å²) >= 11 is 2.05. The van der Waals surface area contributed by atoms with E-state index >= 15 is 0 Å². The summed E-state index contributed by atoms with van der Waals surface area (Å²) in [6.07, 6.45) is 0. The van der Waals surface area contributed by atoms with E-state index < -0.39 is 10.0 Å². The Kier molecular flexibility index (Phi) is 4.07. The van der Waals surface area contributed by atoms with E-state index in [1.807, 2.05) is 18.2 Å². The van der Waals surface area contributed by atoms with Crippen LogP contribution in [0.1, 0.15) is 5.56 Å². The largest absolute Gasteiger partial charge is 0.279 e. The fourth-order valence-electron chi connectivity index (χ4n) is 1.48. The van der Waals surface area contributed by atoms with Crippen LogP contribution in [0.15, 0.2) is 53.4 Å². The number of rotatable bonds is 3. The predicted octanol–water partition coefficient (Wildman–Crippen LogP) is 2.96. The number of benzene rings is 2. The van der Waals surface area contributed by atoms with Crippen LogP contribution in [0.2, 0.25) is 0 Å². The van der Waals surface area contributed by atoms with Gasteiger partial charge in [-0.1, -0.05) is 18.2 Å². The molecule has 0 aliphatic heterocycles. The Labute approximate surface area is 125 Å². The fraction of sp³-hybridized carbons (Fsp3) is 0. The summed E-state index contributed by atoms with van der Waals surface area (Å²) in [4.78, 5) is 0.0752. The second-order valence-electron chi connectivity index (χ2n) is 3.72. The van der Waals surface area contributed by atoms with Gasteiger partial charge < -0.3 is 0 Å². The molecule has 4 nitrogen and oxygen atoms in total. The Morgan fingerprint density at radius 2 is 1.84 bits per heavy atom. The molecule has 2 aromatic rings. The summed E-state index contributed by atoms with van der Waals surface area (Å²) in [6.45, 7) is 0. The molecule has 2 aromatic carbocycles. The van der Waals surface area contributed by atoms with Gasteiger partial charge >= 0.3 is 0 Å². The third-order valence-electron chi connectivity index (χ3n) is 2.39. The molecule has 0 unspecified atom stereocenters. The Morgan fingerprint density at radius 3 is 2.53 bits per heavy atom. The molecule has 0 radical (unpaired) electrons. The molecule has 0 fully saturated rings. The summed E-state index contributed by atoms with van der Waals surface area (Å²) in [5, 5.41) is 8.80. The second kappa shape index (κ2) is 5.59. The zero-order chi connectivity index (χ0) is 13.9. The topological polar surface area (TPSA) is 70.0 Å². The van der Waals surface area contributed by atoms with Crippen LogP contribution >= 0.6 is 22.6 Å². The average Bonchev–Trinajstić information content (AvgIpc) is 2.41. The van der Waals surface area contributed by atoms with Crippen molar-refractivity contribution in [2.75, 3.05) is 4.72 Å². The van der Waals surface area contributed by atoms with Gasteiger partial charge in [0, 0.05) is 3.57 Å². The van der Waals surface area contributed by atoms with Crippen LogP contribution in [0, 0.1) is 14.9 Å². The van der Waals surface area contributed by atoms with E-state index in [1.54, 1.807) is 24.3 Å². The number of nitrogens with zero attached hydrogens (tertiary/aromatic N) is 1. The van der Waals surface area contributed by atoms with Gasteiger partial charge in [0.2, 0.25) is 0 Å². The van der Waals surface area contributed by atoms with Crippen LogP contribution in [0.25, 0.3) is 0 Å². The lowest BCUT2D eigenvalue weighted by Gasteiger charge is -2.09. The second-order valence-corrected chi connectivity index (χ2v) is 6.57. The van der Waals surface area contributed by atoms with E-state index in [1.165, 1.54) is 12.1 Å². The van der Waals surface area contributed by atoms with Crippen molar-refractivity contribution in [3.63, 3.8) is 0 Å². The van der Waals surface area contributed by atoms with Crippen molar-refractivity contribution < 1.29 is 8.42 Å². The first-order valence-electron chi connectivity index (χ1n) is 5.30. The van der Waals surface area contributed by atoms with Crippen LogP contribution in [-0.2, 0) is 10.0 Å². The van der Waals surface area contributed by atoms with E-state index in [2.05, 4.69) is 27.3 Å². The van der Waals surface area contributed by atoms with E-state index in [9.17, 15) is 8.42 Å². The van der Waals surface area contributed by atoms with Crippen LogP contribution in [0.3, 0.4) is 0 Å². The fourth-order valence-corrected chi connectivity index (χ4v) is 3.31. The summed E-state index contributed by atoms with van der Waals surface area (Å²) in [5.74, 6) is 0. The highest BCUT2D eigenvalue weighted by molar-refractivity contribution is 14.1. The minimum Gasteiger partial charge on any atom is -0.279 e. The van der Waals surface area contributed by atoms with Gasteiger partial charge in [0.1, 0.15) is 0 Å². The van der Waals surface area contributed by atoms with Crippen molar-refractivity contribution in [2.45, 2.75) is 4.90 Å². The monoisotopic (exact) mass is 384 g/mol. The number of anilines is 1. The van der Waals surface area contributed by atoms with Gasteiger partial charge in [0.25, 0.3) is 10.0 Å². The minimum atomic E-state index is -3.67. The molecule has 0 bridgehead atoms. The standard InChI is InChI=1S/C13H9IN2O2S/c14-12-6-1-2-7-13(12)16-19(17,18)11-5-3-4-10(8-11)9-15/h1-8,16H. The highest BCUT2D eigenvalue weighted by Gasteiger charge is 2.15. The van der Waals surface area contributed by atoms with Gasteiger partial charge in [-0.25, -0.2) is 8.42 Å². The lowest BCUT2D eigenvalue weighted by Crippen LogP contribution is -2.13. The first kappa shape index (κ1) is 13.8. The van der Waals surface area contributed by atoms with E-state index in [-0.39, 0.29) is 4.90 Å².